The molecule has 8 heteroatoms. The van der Waals surface area contributed by atoms with Gasteiger partial charge in [0.05, 0.1) is 20.6 Å². The standard InChI is InChI=1S/C15H13Cl2NO4S/c1-9-6-15(10(2)5-13(9)16)23(21,22)8-11-3-4-12(18(19)20)7-14(11)17/h3-7H,8H2,1-2H3. The SMILES string of the molecule is Cc1cc(S(=O)(=O)Cc2ccc([N+](=O)[O-])cc2Cl)c(C)cc1Cl. The number of halogens is 2. The highest BCUT2D eigenvalue weighted by molar-refractivity contribution is 7.90. The number of nitro benzene ring substituents is 1. The molecular formula is C15H13Cl2NO4S. The molecule has 0 spiro atoms. The van der Waals surface area contributed by atoms with Gasteiger partial charge in [-0.15, -0.1) is 0 Å². The monoisotopic (exact) mass is 373 g/mol. The fraction of sp³-hybridized carbons (Fsp3) is 0.200. The van der Waals surface area contributed by atoms with Crippen LogP contribution in [-0.4, -0.2) is 13.3 Å². The van der Waals surface area contributed by atoms with Crippen molar-refractivity contribution in [2.75, 3.05) is 0 Å². The molecule has 0 saturated carbocycles. The number of sulfone groups is 1. The molecule has 0 aliphatic rings. The first kappa shape index (κ1) is 17.7. The van der Waals surface area contributed by atoms with Crippen molar-refractivity contribution in [2.24, 2.45) is 0 Å². The maximum atomic E-state index is 12.6. The van der Waals surface area contributed by atoms with E-state index in [0.717, 1.165) is 6.07 Å². The molecular weight excluding hydrogens is 361 g/mol. The van der Waals surface area contributed by atoms with Gasteiger partial charge in [0.1, 0.15) is 0 Å². The lowest BCUT2D eigenvalue weighted by atomic mass is 10.2. The molecule has 0 unspecified atom stereocenters. The number of hydrogen-bond acceptors (Lipinski definition) is 4. The van der Waals surface area contributed by atoms with E-state index in [0.29, 0.717) is 21.7 Å². The van der Waals surface area contributed by atoms with Crippen molar-refractivity contribution < 1.29 is 13.3 Å². The predicted octanol–water partition coefficient (Wildman–Crippen LogP) is 4.49. The summed E-state index contributed by atoms with van der Waals surface area (Å²) in [5.74, 6) is -0.342. The van der Waals surface area contributed by atoms with Crippen LogP contribution in [0.15, 0.2) is 35.2 Å². The molecule has 2 aromatic rings. The molecule has 23 heavy (non-hydrogen) atoms. The van der Waals surface area contributed by atoms with E-state index in [1.165, 1.54) is 18.2 Å². The van der Waals surface area contributed by atoms with Gasteiger partial charge >= 0.3 is 0 Å². The minimum atomic E-state index is -3.65. The molecule has 122 valence electrons. The summed E-state index contributed by atoms with van der Waals surface area (Å²) in [6.07, 6.45) is 0. The highest BCUT2D eigenvalue weighted by atomic mass is 35.5. The highest BCUT2D eigenvalue weighted by Crippen LogP contribution is 2.29. The molecule has 5 nitrogen and oxygen atoms in total. The Balaban J connectivity index is 2.43. The number of hydrogen-bond donors (Lipinski definition) is 0. The van der Waals surface area contributed by atoms with Gasteiger partial charge in [-0.2, -0.15) is 0 Å². The fourth-order valence-electron chi connectivity index (χ4n) is 2.14. The van der Waals surface area contributed by atoms with Crippen molar-refractivity contribution in [3.63, 3.8) is 0 Å². The molecule has 0 aliphatic carbocycles. The Kier molecular flexibility index (Phi) is 4.98. The summed E-state index contributed by atoms with van der Waals surface area (Å²) in [4.78, 5) is 10.3. The summed E-state index contributed by atoms with van der Waals surface area (Å²) >= 11 is 12.0. The molecule has 2 aromatic carbocycles. The molecule has 0 saturated heterocycles. The Morgan fingerprint density at radius 1 is 1.04 bits per heavy atom. The molecule has 0 N–H and O–H groups in total. The van der Waals surface area contributed by atoms with Gasteiger partial charge in [-0.3, -0.25) is 10.1 Å². The quantitative estimate of drug-likeness (QED) is 0.584. The fourth-order valence-corrected chi connectivity index (χ4v) is 4.40. The van der Waals surface area contributed by atoms with Crippen LogP contribution in [0, 0.1) is 24.0 Å². The lowest BCUT2D eigenvalue weighted by Crippen LogP contribution is -2.08. The van der Waals surface area contributed by atoms with Gasteiger partial charge in [-0.1, -0.05) is 23.2 Å². The highest BCUT2D eigenvalue weighted by Gasteiger charge is 2.21. The van der Waals surface area contributed by atoms with Crippen molar-refractivity contribution in [1.29, 1.82) is 0 Å². The summed E-state index contributed by atoms with van der Waals surface area (Å²) in [5.41, 5.74) is 1.32. The summed E-state index contributed by atoms with van der Waals surface area (Å²) < 4.78 is 25.2. The van der Waals surface area contributed by atoms with Gasteiger partial charge in [0, 0.05) is 17.2 Å². The largest absolute Gasteiger partial charge is 0.270 e. The van der Waals surface area contributed by atoms with Crippen molar-refractivity contribution in [3.8, 4) is 0 Å². The van der Waals surface area contributed by atoms with E-state index in [1.54, 1.807) is 19.9 Å². The van der Waals surface area contributed by atoms with E-state index in [-0.39, 0.29) is 21.4 Å². The van der Waals surface area contributed by atoms with Crippen LogP contribution in [0.2, 0.25) is 10.0 Å². The van der Waals surface area contributed by atoms with Crippen LogP contribution >= 0.6 is 23.2 Å². The van der Waals surface area contributed by atoms with E-state index in [1.807, 2.05) is 0 Å². The number of rotatable bonds is 4. The number of nitrogens with zero attached hydrogens (tertiary/aromatic N) is 1. The Hall–Kier alpha value is -1.63. The number of non-ortho nitro benzene ring substituents is 1. The molecule has 0 bridgehead atoms. The zero-order chi connectivity index (χ0) is 17.4. The molecule has 0 aromatic heterocycles. The van der Waals surface area contributed by atoms with Gasteiger partial charge in [0.25, 0.3) is 5.69 Å². The number of nitro groups is 1. The zero-order valence-electron chi connectivity index (χ0n) is 12.3. The smallest absolute Gasteiger partial charge is 0.258 e. The van der Waals surface area contributed by atoms with Crippen LogP contribution in [0.3, 0.4) is 0 Å². The van der Waals surface area contributed by atoms with E-state index in [2.05, 4.69) is 0 Å². The van der Waals surface area contributed by atoms with E-state index < -0.39 is 14.8 Å². The Morgan fingerprint density at radius 3 is 2.26 bits per heavy atom. The minimum Gasteiger partial charge on any atom is -0.258 e. The first-order valence-corrected chi connectivity index (χ1v) is 8.95. The Morgan fingerprint density at radius 2 is 1.70 bits per heavy atom. The average molecular weight is 374 g/mol. The van der Waals surface area contributed by atoms with Crippen LogP contribution < -0.4 is 0 Å². The van der Waals surface area contributed by atoms with Gasteiger partial charge in [-0.25, -0.2) is 8.42 Å². The van der Waals surface area contributed by atoms with Crippen molar-refractivity contribution in [1.82, 2.24) is 0 Å². The van der Waals surface area contributed by atoms with E-state index in [9.17, 15) is 18.5 Å². The zero-order valence-corrected chi connectivity index (χ0v) is 14.7. The molecule has 0 radical (unpaired) electrons. The maximum Gasteiger partial charge on any atom is 0.270 e. The third-order valence-electron chi connectivity index (χ3n) is 3.38. The van der Waals surface area contributed by atoms with Gasteiger partial charge < -0.3 is 0 Å². The molecule has 0 amide bonds. The normalized spacial score (nSPS) is 11.5. The van der Waals surface area contributed by atoms with Crippen molar-refractivity contribution >= 4 is 38.7 Å². The van der Waals surface area contributed by atoms with E-state index >= 15 is 0 Å². The Bertz CT molecular complexity index is 895. The molecule has 0 aliphatic heterocycles. The molecule has 2 rings (SSSR count). The summed E-state index contributed by atoms with van der Waals surface area (Å²) in [5, 5.41) is 11.2. The Labute approximate surface area is 143 Å². The minimum absolute atomic E-state index is 0.0473. The second-order valence-electron chi connectivity index (χ2n) is 5.16. The summed E-state index contributed by atoms with van der Waals surface area (Å²) in [7, 11) is -3.65. The third-order valence-corrected chi connectivity index (χ3v) is 5.94. The van der Waals surface area contributed by atoms with Gasteiger partial charge in [0.2, 0.25) is 0 Å². The summed E-state index contributed by atoms with van der Waals surface area (Å²) in [6, 6.07) is 6.85. The third kappa shape index (κ3) is 3.83. The number of aryl methyl sites for hydroxylation is 2. The first-order valence-electron chi connectivity index (χ1n) is 6.54. The van der Waals surface area contributed by atoms with E-state index in [4.69, 9.17) is 23.2 Å². The van der Waals surface area contributed by atoms with Crippen LogP contribution in [0.1, 0.15) is 16.7 Å². The first-order chi connectivity index (χ1) is 10.6. The number of benzene rings is 2. The predicted molar refractivity (Wildman–Crippen MR) is 89.9 cm³/mol. The van der Waals surface area contributed by atoms with Crippen LogP contribution in [0.5, 0.6) is 0 Å². The molecule has 0 heterocycles. The molecule has 0 atom stereocenters. The second kappa shape index (κ2) is 6.47. The van der Waals surface area contributed by atoms with Crippen molar-refractivity contribution in [2.45, 2.75) is 24.5 Å². The molecule has 0 fully saturated rings. The van der Waals surface area contributed by atoms with Crippen LogP contribution in [0.25, 0.3) is 0 Å². The second-order valence-corrected chi connectivity index (χ2v) is 7.93. The van der Waals surface area contributed by atoms with Gasteiger partial charge in [-0.05, 0) is 48.7 Å². The topological polar surface area (TPSA) is 77.3 Å². The van der Waals surface area contributed by atoms with Crippen LogP contribution in [-0.2, 0) is 15.6 Å². The van der Waals surface area contributed by atoms with Gasteiger partial charge in [0.15, 0.2) is 9.84 Å². The average Bonchev–Trinajstić information content (AvgIpc) is 2.44. The lowest BCUT2D eigenvalue weighted by molar-refractivity contribution is -0.384. The summed E-state index contributed by atoms with van der Waals surface area (Å²) in [6.45, 7) is 3.38. The maximum absolute atomic E-state index is 12.6. The van der Waals surface area contributed by atoms with Crippen molar-refractivity contribution in [3.05, 3.63) is 67.2 Å². The lowest BCUT2D eigenvalue weighted by Gasteiger charge is -2.11. The van der Waals surface area contributed by atoms with Crippen LogP contribution in [0.4, 0.5) is 5.69 Å².